The zero-order valence-corrected chi connectivity index (χ0v) is 12.3. The van der Waals surface area contributed by atoms with Gasteiger partial charge in [-0.05, 0) is 43.4 Å². The number of nitrogens with zero attached hydrogens (tertiary/aromatic N) is 1. The molecule has 1 aliphatic rings. The monoisotopic (exact) mass is 273 g/mol. The third-order valence-electron chi connectivity index (χ3n) is 4.26. The zero-order valence-electron chi connectivity index (χ0n) is 12.3. The van der Waals surface area contributed by atoms with Crippen LogP contribution in [-0.2, 0) is 0 Å². The van der Waals surface area contributed by atoms with E-state index in [0.29, 0.717) is 12.5 Å². The number of benzene rings is 1. The fraction of sp³-hybridized carbons (Fsp3) is 0.588. The summed E-state index contributed by atoms with van der Waals surface area (Å²) in [5, 5.41) is 20.4. The highest BCUT2D eigenvalue weighted by Crippen LogP contribution is 2.47. The molecule has 108 valence electrons. The Kier molecular flexibility index (Phi) is 4.67. The quantitative estimate of drug-likeness (QED) is 0.906. The van der Waals surface area contributed by atoms with Gasteiger partial charge in [0, 0.05) is 0 Å². The van der Waals surface area contributed by atoms with Gasteiger partial charge in [-0.3, -0.25) is 0 Å². The lowest BCUT2D eigenvalue weighted by Gasteiger charge is -2.38. The Bertz CT molecular complexity index is 494. The van der Waals surface area contributed by atoms with Crippen LogP contribution in [0, 0.1) is 22.7 Å². The van der Waals surface area contributed by atoms with Crippen molar-refractivity contribution in [3.63, 3.8) is 0 Å². The number of hydrogen-bond donors (Lipinski definition) is 1. The maximum Gasteiger partial charge on any atom is 0.119 e. The smallest absolute Gasteiger partial charge is 0.119 e. The molecule has 3 heteroatoms. The predicted octanol–water partition coefficient (Wildman–Crippen LogP) is 3.84. The van der Waals surface area contributed by atoms with Crippen LogP contribution in [0.1, 0.15) is 51.2 Å². The summed E-state index contributed by atoms with van der Waals surface area (Å²) < 4.78 is 5.48. The van der Waals surface area contributed by atoms with E-state index in [9.17, 15) is 10.4 Å². The average Bonchev–Trinajstić information content (AvgIpc) is 2.47. The van der Waals surface area contributed by atoms with Gasteiger partial charge in [-0.2, -0.15) is 5.26 Å². The zero-order chi connectivity index (χ0) is 14.6. The van der Waals surface area contributed by atoms with Crippen molar-refractivity contribution in [2.45, 2.75) is 45.6 Å². The van der Waals surface area contributed by atoms with Crippen molar-refractivity contribution < 1.29 is 9.84 Å². The van der Waals surface area contributed by atoms with Gasteiger partial charge in [-0.25, -0.2) is 0 Å². The number of nitriles is 1. The Morgan fingerprint density at radius 1 is 1.55 bits per heavy atom. The highest BCUT2D eigenvalue weighted by atomic mass is 16.5. The molecule has 1 aliphatic carbocycles. The van der Waals surface area contributed by atoms with E-state index in [1.54, 1.807) is 0 Å². The Hall–Kier alpha value is -1.53. The topological polar surface area (TPSA) is 53.2 Å². The Morgan fingerprint density at radius 2 is 2.35 bits per heavy atom. The molecular formula is C17H23NO2. The number of aliphatic hydroxyl groups is 1. The molecule has 1 aromatic carbocycles. The van der Waals surface area contributed by atoms with Crippen LogP contribution in [0.25, 0.3) is 0 Å². The van der Waals surface area contributed by atoms with Crippen molar-refractivity contribution in [3.05, 3.63) is 29.8 Å². The molecular weight excluding hydrogens is 250 g/mol. The van der Waals surface area contributed by atoms with E-state index in [2.05, 4.69) is 13.0 Å². The highest BCUT2D eigenvalue weighted by molar-refractivity contribution is 5.32. The van der Waals surface area contributed by atoms with Crippen LogP contribution < -0.4 is 4.74 Å². The molecule has 3 atom stereocenters. The molecule has 0 amide bonds. The number of rotatable bonds is 4. The standard InChI is InChI=1S/C17H23NO2/c1-3-20-15-8-4-7-14(10-15)16(19)17(12-18)9-5-6-13(2)11-17/h4,7-8,10,13,16,19H,3,5-6,9,11H2,1-2H3. The predicted molar refractivity (Wildman–Crippen MR) is 78.2 cm³/mol. The van der Waals surface area contributed by atoms with Gasteiger partial charge in [0.25, 0.3) is 0 Å². The molecule has 0 aromatic heterocycles. The summed E-state index contributed by atoms with van der Waals surface area (Å²) in [4.78, 5) is 0. The van der Waals surface area contributed by atoms with Crippen LogP contribution in [-0.4, -0.2) is 11.7 Å². The molecule has 20 heavy (non-hydrogen) atoms. The Balaban J connectivity index is 2.26. The van der Waals surface area contributed by atoms with Gasteiger partial charge in [-0.1, -0.05) is 31.9 Å². The summed E-state index contributed by atoms with van der Waals surface area (Å²) in [5.74, 6) is 1.24. The molecule has 2 rings (SSSR count). The molecule has 1 N–H and O–H groups in total. The molecule has 1 fully saturated rings. The summed E-state index contributed by atoms with van der Waals surface area (Å²) in [6.07, 6.45) is 2.96. The highest BCUT2D eigenvalue weighted by Gasteiger charge is 2.42. The third-order valence-corrected chi connectivity index (χ3v) is 4.26. The van der Waals surface area contributed by atoms with E-state index < -0.39 is 11.5 Å². The van der Waals surface area contributed by atoms with Gasteiger partial charge in [-0.15, -0.1) is 0 Å². The minimum Gasteiger partial charge on any atom is -0.494 e. The molecule has 0 bridgehead atoms. The second-order valence-corrected chi connectivity index (χ2v) is 5.88. The van der Waals surface area contributed by atoms with E-state index in [4.69, 9.17) is 4.74 Å². The molecule has 0 radical (unpaired) electrons. The lowest BCUT2D eigenvalue weighted by molar-refractivity contribution is 0.0218. The molecule has 1 saturated carbocycles. The average molecular weight is 273 g/mol. The van der Waals surface area contributed by atoms with Crippen molar-refractivity contribution in [3.8, 4) is 11.8 Å². The first-order valence-corrected chi connectivity index (χ1v) is 7.43. The van der Waals surface area contributed by atoms with Crippen molar-refractivity contribution in [2.75, 3.05) is 6.61 Å². The van der Waals surface area contributed by atoms with Gasteiger partial charge in [0.15, 0.2) is 0 Å². The summed E-state index contributed by atoms with van der Waals surface area (Å²) in [6.45, 7) is 4.69. The van der Waals surface area contributed by atoms with Gasteiger partial charge in [0.2, 0.25) is 0 Å². The summed E-state index contributed by atoms with van der Waals surface area (Å²) >= 11 is 0. The Morgan fingerprint density at radius 3 is 3.00 bits per heavy atom. The van der Waals surface area contributed by atoms with Crippen LogP contribution in [0.5, 0.6) is 5.75 Å². The molecule has 0 heterocycles. The molecule has 3 unspecified atom stereocenters. The molecule has 3 nitrogen and oxygen atoms in total. The van der Waals surface area contributed by atoms with Gasteiger partial charge in [0.05, 0.1) is 24.2 Å². The lowest BCUT2D eigenvalue weighted by Crippen LogP contribution is -2.32. The number of aliphatic hydroxyl groups excluding tert-OH is 1. The van der Waals surface area contributed by atoms with Crippen LogP contribution in [0.3, 0.4) is 0 Å². The summed E-state index contributed by atoms with van der Waals surface area (Å²) in [6, 6.07) is 9.89. The molecule has 0 spiro atoms. The van der Waals surface area contributed by atoms with Crippen LogP contribution in [0.4, 0.5) is 0 Å². The maximum absolute atomic E-state index is 10.7. The second kappa shape index (κ2) is 6.28. The van der Waals surface area contributed by atoms with E-state index >= 15 is 0 Å². The normalized spacial score (nSPS) is 27.6. The summed E-state index contributed by atoms with van der Waals surface area (Å²) in [7, 11) is 0. The van der Waals surface area contributed by atoms with Gasteiger partial charge >= 0.3 is 0 Å². The fourth-order valence-corrected chi connectivity index (χ4v) is 3.26. The largest absolute Gasteiger partial charge is 0.494 e. The van der Waals surface area contributed by atoms with Gasteiger partial charge in [0.1, 0.15) is 5.75 Å². The van der Waals surface area contributed by atoms with Crippen molar-refractivity contribution in [1.82, 2.24) is 0 Å². The van der Waals surface area contributed by atoms with E-state index in [1.807, 2.05) is 31.2 Å². The van der Waals surface area contributed by atoms with E-state index in [1.165, 1.54) is 0 Å². The Labute approximate surface area is 121 Å². The maximum atomic E-state index is 10.7. The first-order chi connectivity index (χ1) is 9.61. The van der Waals surface area contributed by atoms with E-state index in [-0.39, 0.29) is 0 Å². The summed E-state index contributed by atoms with van der Waals surface area (Å²) in [5.41, 5.74) is 0.134. The molecule has 0 saturated heterocycles. The van der Waals surface area contributed by atoms with Crippen LogP contribution >= 0.6 is 0 Å². The van der Waals surface area contributed by atoms with Crippen molar-refractivity contribution in [1.29, 1.82) is 5.26 Å². The van der Waals surface area contributed by atoms with Crippen LogP contribution in [0.15, 0.2) is 24.3 Å². The number of ether oxygens (including phenoxy) is 1. The van der Waals surface area contributed by atoms with Gasteiger partial charge < -0.3 is 9.84 Å². The van der Waals surface area contributed by atoms with Crippen molar-refractivity contribution >= 4 is 0 Å². The minimum absolute atomic E-state index is 0.494. The minimum atomic E-state index is -0.740. The lowest BCUT2D eigenvalue weighted by atomic mass is 9.66. The molecule has 0 aliphatic heterocycles. The van der Waals surface area contributed by atoms with Crippen molar-refractivity contribution in [2.24, 2.45) is 11.3 Å². The van der Waals surface area contributed by atoms with Crippen LogP contribution in [0.2, 0.25) is 0 Å². The first-order valence-electron chi connectivity index (χ1n) is 7.43. The third kappa shape index (κ3) is 2.96. The SMILES string of the molecule is CCOc1cccc(C(O)C2(C#N)CCCC(C)C2)c1. The molecule has 1 aromatic rings. The number of hydrogen-bond acceptors (Lipinski definition) is 3. The van der Waals surface area contributed by atoms with E-state index in [0.717, 1.165) is 37.0 Å². The fourth-order valence-electron chi connectivity index (χ4n) is 3.26. The second-order valence-electron chi connectivity index (χ2n) is 5.88. The first kappa shape index (κ1) is 14.9.